The Labute approximate surface area is 124 Å². The van der Waals surface area contributed by atoms with Crippen molar-refractivity contribution in [3.63, 3.8) is 0 Å². The molecule has 114 valence electrons. The predicted molar refractivity (Wildman–Crippen MR) is 79.2 cm³/mol. The third kappa shape index (κ3) is 4.75. The summed E-state index contributed by atoms with van der Waals surface area (Å²) in [6.07, 6.45) is 0.718. The molecule has 1 aromatic carbocycles. The van der Waals surface area contributed by atoms with Crippen molar-refractivity contribution >= 4 is 11.8 Å². The summed E-state index contributed by atoms with van der Waals surface area (Å²) in [5.74, 6) is 0.752. The molecule has 2 N–H and O–H groups in total. The summed E-state index contributed by atoms with van der Waals surface area (Å²) >= 11 is 0. The maximum absolute atomic E-state index is 11.8. The standard InChI is InChI=1S/C15H21N3O3/c1-21-13-5-3-2-4-12(13)6-7-16-14(19)10-18-9-8-17-15(20)11-18/h2-5H,6-11H2,1H3,(H,16,19)(H,17,20). The van der Waals surface area contributed by atoms with Gasteiger partial charge in [-0.2, -0.15) is 0 Å². The number of hydrogen-bond donors (Lipinski definition) is 2. The first kappa shape index (κ1) is 15.3. The number of amides is 2. The zero-order chi connectivity index (χ0) is 15.1. The van der Waals surface area contributed by atoms with Gasteiger partial charge in [0.1, 0.15) is 5.75 Å². The van der Waals surface area contributed by atoms with Crippen molar-refractivity contribution in [1.82, 2.24) is 15.5 Å². The van der Waals surface area contributed by atoms with E-state index < -0.39 is 0 Å². The van der Waals surface area contributed by atoms with Crippen molar-refractivity contribution in [2.45, 2.75) is 6.42 Å². The van der Waals surface area contributed by atoms with E-state index in [1.54, 1.807) is 7.11 Å². The molecule has 1 aromatic rings. The number of hydrogen-bond acceptors (Lipinski definition) is 4. The lowest BCUT2D eigenvalue weighted by atomic mass is 10.1. The molecule has 0 bridgehead atoms. The van der Waals surface area contributed by atoms with E-state index in [1.165, 1.54) is 0 Å². The van der Waals surface area contributed by atoms with Gasteiger partial charge in [-0.05, 0) is 18.1 Å². The van der Waals surface area contributed by atoms with Crippen molar-refractivity contribution in [2.75, 3.05) is 39.8 Å². The van der Waals surface area contributed by atoms with Gasteiger partial charge in [0.05, 0.1) is 20.2 Å². The van der Waals surface area contributed by atoms with Crippen molar-refractivity contribution < 1.29 is 14.3 Å². The molecule has 2 amide bonds. The molecule has 2 rings (SSSR count). The maximum Gasteiger partial charge on any atom is 0.234 e. The van der Waals surface area contributed by atoms with E-state index in [1.807, 2.05) is 29.2 Å². The Morgan fingerprint density at radius 1 is 1.43 bits per heavy atom. The van der Waals surface area contributed by atoms with Gasteiger partial charge in [-0.25, -0.2) is 0 Å². The van der Waals surface area contributed by atoms with Crippen LogP contribution < -0.4 is 15.4 Å². The summed E-state index contributed by atoms with van der Waals surface area (Å²) < 4.78 is 5.27. The summed E-state index contributed by atoms with van der Waals surface area (Å²) in [6.45, 7) is 2.43. The fourth-order valence-corrected chi connectivity index (χ4v) is 2.33. The van der Waals surface area contributed by atoms with Gasteiger partial charge in [-0.15, -0.1) is 0 Å². The van der Waals surface area contributed by atoms with Crippen molar-refractivity contribution in [3.8, 4) is 5.75 Å². The van der Waals surface area contributed by atoms with Crippen molar-refractivity contribution in [3.05, 3.63) is 29.8 Å². The third-order valence-corrected chi connectivity index (χ3v) is 3.39. The average molecular weight is 291 g/mol. The minimum Gasteiger partial charge on any atom is -0.496 e. The summed E-state index contributed by atoms with van der Waals surface area (Å²) in [5.41, 5.74) is 1.07. The van der Waals surface area contributed by atoms with Crippen LogP contribution in [0, 0.1) is 0 Å². The number of para-hydroxylation sites is 1. The molecule has 1 saturated heterocycles. The molecule has 1 aliphatic heterocycles. The normalized spacial score (nSPS) is 15.4. The molecule has 0 atom stereocenters. The van der Waals surface area contributed by atoms with Gasteiger partial charge in [0.15, 0.2) is 0 Å². The van der Waals surface area contributed by atoms with Crippen LogP contribution in [0.15, 0.2) is 24.3 Å². The van der Waals surface area contributed by atoms with Crippen molar-refractivity contribution in [2.24, 2.45) is 0 Å². The van der Waals surface area contributed by atoms with Gasteiger partial charge in [0.25, 0.3) is 0 Å². The lowest BCUT2D eigenvalue weighted by Gasteiger charge is -2.25. The highest BCUT2D eigenvalue weighted by atomic mass is 16.5. The molecule has 0 spiro atoms. The van der Waals surface area contributed by atoms with Crippen LogP contribution in [0.2, 0.25) is 0 Å². The second kappa shape index (κ2) is 7.64. The SMILES string of the molecule is COc1ccccc1CCNC(=O)CN1CCNC(=O)C1. The molecule has 21 heavy (non-hydrogen) atoms. The largest absolute Gasteiger partial charge is 0.496 e. The highest BCUT2D eigenvalue weighted by Crippen LogP contribution is 2.17. The molecule has 0 radical (unpaired) electrons. The van der Waals surface area contributed by atoms with Crippen LogP contribution in [-0.4, -0.2) is 56.5 Å². The van der Waals surface area contributed by atoms with Crippen LogP contribution in [0.4, 0.5) is 0 Å². The molecular weight excluding hydrogens is 270 g/mol. The Bertz CT molecular complexity index is 505. The first-order valence-electron chi connectivity index (χ1n) is 7.06. The monoisotopic (exact) mass is 291 g/mol. The van der Waals surface area contributed by atoms with Gasteiger partial charge in [-0.3, -0.25) is 14.5 Å². The Morgan fingerprint density at radius 2 is 2.24 bits per heavy atom. The first-order chi connectivity index (χ1) is 10.2. The highest BCUT2D eigenvalue weighted by Gasteiger charge is 2.18. The number of carbonyl (C=O) groups is 2. The number of piperazine rings is 1. The van der Waals surface area contributed by atoms with E-state index in [9.17, 15) is 9.59 Å². The van der Waals surface area contributed by atoms with Crippen LogP contribution >= 0.6 is 0 Å². The number of methoxy groups -OCH3 is 1. The average Bonchev–Trinajstić information content (AvgIpc) is 2.47. The number of nitrogens with one attached hydrogen (secondary N) is 2. The van der Waals surface area contributed by atoms with Gasteiger partial charge in [0, 0.05) is 19.6 Å². The van der Waals surface area contributed by atoms with Gasteiger partial charge in [-0.1, -0.05) is 18.2 Å². The fourth-order valence-electron chi connectivity index (χ4n) is 2.33. The zero-order valence-electron chi connectivity index (χ0n) is 12.2. The summed E-state index contributed by atoms with van der Waals surface area (Å²) in [7, 11) is 1.64. The van der Waals surface area contributed by atoms with E-state index >= 15 is 0 Å². The Balaban J connectivity index is 1.73. The highest BCUT2D eigenvalue weighted by molar-refractivity contribution is 5.81. The summed E-state index contributed by atoms with van der Waals surface area (Å²) in [5, 5.41) is 5.61. The van der Waals surface area contributed by atoms with Crippen LogP contribution in [-0.2, 0) is 16.0 Å². The molecule has 1 heterocycles. The van der Waals surface area contributed by atoms with E-state index in [0.717, 1.165) is 17.7 Å². The molecule has 0 aromatic heterocycles. The smallest absolute Gasteiger partial charge is 0.234 e. The van der Waals surface area contributed by atoms with Crippen LogP contribution in [0.3, 0.4) is 0 Å². The van der Waals surface area contributed by atoms with Crippen LogP contribution in [0.5, 0.6) is 5.75 Å². The molecule has 1 fully saturated rings. The second-order valence-electron chi connectivity index (χ2n) is 4.97. The van der Waals surface area contributed by atoms with E-state index in [2.05, 4.69) is 10.6 Å². The summed E-state index contributed by atoms with van der Waals surface area (Å²) in [4.78, 5) is 24.9. The van der Waals surface area contributed by atoms with Gasteiger partial charge < -0.3 is 15.4 Å². The first-order valence-corrected chi connectivity index (χ1v) is 7.06. The fraction of sp³-hybridized carbons (Fsp3) is 0.467. The number of rotatable bonds is 6. The van der Waals surface area contributed by atoms with Crippen LogP contribution in [0.25, 0.3) is 0 Å². The lowest BCUT2D eigenvalue weighted by Crippen LogP contribution is -2.50. The molecule has 1 aliphatic rings. The third-order valence-electron chi connectivity index (χ3n) is 3.39. The molecule has 6 heteroatoms. The van der Waals surface area contributed by atoms with Gasteiger partial charge >= 0.3 is 0 Å². The summed E-state index contributed by atoms with van der Waals surface area (Å²) in [6, 6.07) is 7.76. The van der Waals surface area contributed by atoms with Crippen molar-refractivity contribution in [1.29, 1.82) is 0 Å². The Kier molecular flexibility index (Phi) is 5.57. The van der Waals surface area contributed by atoms with E-state index in [0.29, 0.717) is 26.2 Å². The topological polar surface area (TPSA) is 70.7 Å². The molecule has 0 aliphatic carbocycles. The molecular formula is C15H21N3O3. The lowest BCUT2D eigenvalue weighted by molar-refractivity contribution is -0.126. The predicted octanol–water partition coefficient (Wildman–Crippen LogP) is -0.214. The van der Waals surface area contributed by atoms with Gasteiger partial charge in [0.2, 0.25) is 11.8 Å². The minimum absolute atomic E-state index is 0.0249. The van der Waals surface area contributed by atoms with Crippen LogP contribution in [0.1, 0.15) is 5.56 Å². The second-order valence-corrected chi connectivity index (χ2v) is 4.97. The Hall–Kier alpha value is -2.08. The number of nitrogens with zero attached hydrogens (tertiary/aromatic N) is 1. The minimum atomic E-state index is -0.0559. The quantitative estimate of drug-likeness (QED) is 0.760. The molecule has 0 unspecified atom stereocenters. The molecule has 6 nitrogen and oxygen atoms in total. The number of carbonyl (C=O) groups excluding carboxylic acids is 2. The maximum atomic E-state index is 11.8. The van der Waals surface area contributed by atoms with E-state index in [-0.39, 0.29) is 18.4 Å². The number of benzene rings is 1. The van der Waals surface area contributed by atoms with E-state index in [4.69, 9.17) is 4.74 Å². The Morgan fingerprint density at radius 3 is 3.00 bits per heavy atom. The number of ether oxygens (including phenoxy) is 1. The zero-order valence-corrected chi connectivity index (χ0v) is 12.2. The molecule has 0 saturated carbocycles.